The maximum absolute atomic E-state index is 5.92. The van der Waals surface area contributed by atoms with Gasteiger partial charge < -0.3 is 5.32 Å². The van der Waals surface area contributed by atoms with E-state index >= 15 is 0 Å². The Morgan fingerprint density at radius 2 is 1.77 bits per heavy atom. The zero-order valence-electron chi connectivity index (χ0n) is 14.1. The summed E-state index contributed by atoms with van der Waals surface area (Å²) in [6.45, 7) is 4.39. The molecule has 0 unspecified atom stereocenters. The van der Waals surface area contributed by atoms with Crippen LogP contribution in [0.1, 0.15) is 5.56 Å². The number of benzene rings is 2. The third kappa shape index (κ3) is 5.48. The third-order valence-corrected chi connectivity index (χ3v) is 4.79. The molecule has 2 aromatic carbocycles. The van der Waals surface area contributed by atoms with Crippen LogP contribution in [0.15, 0.2) is 100 Å². The Kier molecular flexibility index (Phi) is 6.47. The number of rotatable bonds is 6. The molecule has 0 aliphatic carbocycles. The van der Waals surface area contributed by atoms with Gasteiger partial charge in [0.05, 0.1) is 6.54 Å². The van der Waals surface area contributed by atoms with Crippen LogP contribution in [0.2, 0.25) is 5.02 Å². The topological polar surface area (TPSA) is 37.3 Å². The Balaban J connectivity index is 1.62. The molecule has 1 heterocycles. The first-order valence-electron chi connectivity index (χ1n) is 8.09. The molecule has 0 spiro atoms. The minimum Gasteiger partial charge on any atom is -0.341 e. The molecular formula is C21H18ClN3S. The molecule has 0 aliphatic rings. The van der Waals surface area contributed by atoms with Gasteiger partial charge in [0, 0.05) is 32.9 Å². The molecule has 1 N–H and O–H groups in total. The molecule has 0 atom stereocenters. The van der Waals surface area contributed by atoms with Gasteiger partial charge in [-0.05, 0) is 66.2 Å². The van der Waals surface area contributed by atoms with Gasteiger partial charge in [-0.2, -0.15) is 0 Å². The molecule has 0 saturated carbocycles. The predicted octanol–water partition coefficient (Wildman–Crippen LogP) is 6.08. The minimum atomic E-state index is 0.562. The molecule has 3 nitrogen and oxygen atoms in total. The van der Waals surface area contributed by atoms with E-state index in [0.717, 1.165) is 31.9 Å². The number of halogens is 1. The van der Waals surface area contributed by atoms with Crippen LogP contribution < -0.4 is 5.32 Å². The smallest absolute Gasteiger partial charge is 0.125 e. The van der Waals surface area contributed by atoms with E-state index in [1.807, 2.05) is 54.7 Å². The summed E-state index contributed by atoms with van der Waals surface area (Å²) in [7, 11) is 0. The first-order chi connectivity index (χ1) is 12.7. The molecule has 0 bridgehead atoms. The van der Waals surface area contributed by atoms with Gasteiger partial charge in [-0.3, -0.25) is 9.98 Å². The second-order valence-corrected chi connectivity index (χ2v) is 7.06. The van der Waals surface area contributed by atoms with Crippen LogP contribution in [0.4, 0.5) is 5.69 Å². The Bertz CT molecular complexity index is 875. The lowest BCUT2D eigenvalue weighted by atomic mass is 10.3. The van der Waals surface area contributed by atoms with Gasteiger partial charge in [0.2, 0.25) is 0 Å². The van der Waals surface area contributed by atoms with Crippen molar-refractivity contribution in [3.05, 3.63) is 96.3 Å². The first kappa shape index (κ1) is 18.2. The van der Waals surface area contributed by atoms with Crippen LogP contribution in [0.25, 0.3) is 0 Å². The van der Waals surface area contributed by atoms with Crippen molar-refractivity contribution < 1.29 is 0 Å². The van der Waals surface area contributed by atoms with Gasteiger partial charge in [-0.15, -0.1) is 0 Å². The van der Waals surface area contributed by atoms with Gasteiger partial charge in [-0.1, -0.05) is 36.0 Å². The second-order valence-electron chi connectivity index (χ2n) is 5.47. The molecule has 3 aromatic rings. The van der Waals surface area contributed by atoms with Gasteiger partial charge in [0.25, 0.3) is 0 Å². The lowest BCUT2D eigenvalue weighted by molar-refractivity contribution is 1.05. The van der Waals surface area contributed by atoms with E-state index in [2.05, 4.69) is 34.0 Å². The number of hydrogen-bond acceptors (Lipinski definition) is 3. The summed E-state index contributed by atoms with van der Waals surface area (Å²) < 4.78 is 0. The number of pyridine rings is 1. The highest BCUT2D eigenvalue weighted by Gasteiger charge is 2.00. The zero-order chi connectivity index (χ0) is 18.2. The van der Waals surface area contributed by atoms with Crippen LogP contribution in [0.3, 0.4) is 0 Å². The van der Waals surface area contributed by atoms with Crippen molar-refractivity contribution in [2.75, 3.05) is 5.32 Å². The average Bonchev–Trinajstić information content (AvgIpc) is 2.69. The maximum atomic E-state index is 5.92. The Morgan fingerprint density at radius 3 is 2.38 bits per heavy atom. The number of nitrogens with zero attached hydrogens (tertiary/aromatic N) is 2. The Morgan fingerprint density at radius 1 is 1.08 bits per heavy atom. The van der Waals surface area contributed by atoms with Crippen molar-refractivity contribution in [3.8, 4) is 0 Å². The predicted molar refractivity (Wildman–Crippen MR) is 111 cm³/mol. The molecule has 0 radical (unpaired) electrons. The SMILES string of the molecule is C=CC(=NCc1cccnc1)Nc1ccc(Sc2ccc(Cl)cc2)cc1. The fourth-order valence-electron chi connectivity index (χ4n) is 2.22. The number of hydrogen-bond donors (Lipinski definition) is 1. The van der Waals surface area contributed by atoms with Crippen molar-refractivity contribution in [1.82, 2.24) is 4.98 Å². The molecule has 0 amide bonds. The third-order valence-electron chi connectivity index (χ3n) is 3.52. The highest BCUT2D eigenvalue weighted by atomic mass is 35.5. The summed E-state index contributed by atoms with van der Waals surface area (Å²) >= 11 is 7.62. The van der Waals surface area contributed by atoms with E-state index in [0.29, 0.717) is 6.54 Å². The lowest BCUT2D eigenvalue weighted by Gasteiger charge is -2.08. The van der Waals surface area contributed by atoms with E-state index in [4.69, 9.17) is 11.6 Å². The quantitative estimate of drug-likeness (QED) is 0.416. The summed E-state index contributed by atoms with van der Waals surface area (Å²) in [4.78, 5) is 10.9. The summed E-state index contributed by atoms with van der Waals surface area (Å²) in [6.07, 6.45) is 5.28. The first-order valence-corrected chi connectivity index (χ1v) is 9.29. The highest BCUT2D eigenvalue weighted by Crippen LogP contribution is 2.29. The van der Waals surface area contributed by atoms with Crippen molar-refractivity contribution in [1.29, 1.82) is 0 Å². The van der Waals surface area contributed by atoms with E-state index in [9.17, 15) is 0 Å². The van der Waals surface area contributed by atoms with Crippen molar-refractivity contribution in [2.24, 2.45) is 4.99 Å². The molecule has 5 heteroatoms. The maximum Gasteiger partial charge on any atom is 0.125 e. The van der Waals surface area contributed by atoms with Crippen LogP contribution in [-0.4, -0.2) is 10.8 Å². The van der Waals surface area contributed by atoms with Crippen molar-refractivity contribution in [3.63, 3.8) is 0 Å². The molecule has 130 valence electrons. The average molecular weight is 380 g/mol. The summed E-state index contributed by atoms with van der Waals surface area (Å²) in [5.41, 5.74) is 2.03. The van der Waals surface area contributed by atoms with Gasteiger partial charge >= 0.3 is 0 Å². The molecule has 0 saturated heterocycles. The van der Waals surface area contributed by atoms with Crippen LogP contribution in [0.5, 0.6) is 0 Å². The van der Waals surface area contributed by atoms with Crippen molar-refractivity contribution >= 4 is 34.9 Å². The lowest BCUT2D eigenvalue weighted by Crippen LogP contribution is -2.09. The van der Waals surface area contributed by atoms with E-state index < -0.39 is 0 Å². The summed E-state index contributed by atoms with van der Waals surface area (Å²) in [5, 5.41) is 4.03. The van der Waals surface area contributed by atoms with E-state index in [1.165, 1.54) is 0 Å². The van der Waals surface area contributed by atoms with Crippen LogP contribution in [0, 0.1) is 0 Å². The second kappa shape index (κ2) is 9.22. The van der Waals surface area contributed by atoms with Gasteiger partial charge in [0.1, 0.15) is 5.84 Å². The van der Waals surface area contributed by atoms with E-state index in [1.54, 1.807) is 24.0 Å². The van der Waals surface area contributed by atoms with Crippen LogP contribution >= 0.6 is 23.4 Å². The fraction of sp³-hybridized carbons (Fsp3) is 0.0476. The monoisotopic (exact) mass is 379 g/mol. The van der Waals surface area contributed by atoms with Gasteiger partial charge in [0.15, 0.2) is 0 Å². The van der Waals surface area contributed by atoms with Crippen LogP contribution in [-0.2, 0) is 6.54 Å². The number of amidine groups is 1. The molecule has 26 heavy (non-hydrogen) atoms. The molecule has 1 aromatic heterocycles. The molecule has 0 fully saturated rings. The number of anilines is 1. The summed E-state index contributed by atoms with van der Waals surface area (Å²) in [6, 6.07) is 19.9. The Hall–Kier alpha value is -2.56. The summed E-state index contributed by atoms with van der Waals surface area (Å²) in [5.74, 6) is 0.729. The standard InChI is InChI=1S/C21H18ClN3S/c1-2-21(24-15-16-4-3-13-23-14-16)25-18-7-11-20(12-8-18)26-19-9-5-17(22)6-10-19/h2-14H,1,15H2,(H,24,25). The molecular weight excluding hydrogens is 362 g/mol. The van der Waals surface area contributed by atoms with Gasteiger partial charge in [-0.25, -0.2) is 0 Å². The highest BCUT2D eigenvalue weighted by molar-refractivity contribution is 7.99. The minimum absolute atomic E-state index is 0.562. The fourth-order valence-corrected chi connectivity index (χ4v) is 3.16. The van der Waals surface area contributed by atoms with E-state index in [-0.39, 0.29) is 0 Å². The number of aliphatic imine (C=N–C) groups is 1. The normalized spacial score (nSPS) is 11.2. The zero-order valence-corrected chi connectivity index (χ0v) is 15.7. The van der Waals surface area contributed by atoms with Crippen molar-refractivity contribution in [2.45, 2.75) is 16.3 Å². The largest absolute Gasteiger partial charge is 0.341 e. The molecule has 0 aliphatic heterocycles. The molecule has 3 rings (SSSR count). The Labute approximate surface area is 162 Å². The number of nitrogens with one attached hydrogen (secondary N) is 1. The number of aromatic nitrogens is 1.